The lowest BCUT2D eigenvalue weighted by molar-refractivity contribution is -0.383. The molecule has 0 heterocycles. The molecular formula is C19H20ClN3O8S. The Kier molecular flexibility index (Phi) is 8.93. The number of nitrogens with zero attached hydrogens (tertiary/aromatic N) is 1. The third-order valence-corrected chi connectivity index (χ3v) is 5.57. The summed E-state index contributed by atoms with van der Waals surface area (Å²) in [6.45, 7) is 1.29. The zero-order chi connectivity index (χ0) is 23.7. The zero-order valence-corrected chi connectivity index (χ0v) is 18.4. The maximum Gasteiger partial charge on any atom is 0.307 e. The summed E-state index contributed by atoms with van der Waals surface area (Å²) in [4.78, 5) is 34.0. The SMILES string of the molecule is CCOc1ccc(S(=O)(=O)NCCC(=O)OCC(=O)Nc2ccc(Cl)cc2[N+](=O)[O-])cc1. The zero-order valence-electron chi connectivity index (χ0n) is 16.9. The number of halogens is 1. The molecule has 0 radical (unpaired) electrons. The third kappa shape index (κ3) is 7.48. The third-order valence-electron chi connectivity index (χ3n) is 3.86. The Hall–Kier alpha value is -3.22. The maximum atomic E-state index is 12.2. The van der Waals surface area contributed by atoms with Gasteiger partial charge in [-0.3, -0.25) is 19.7 Å². The molecule has 13 heteroatoms. The molecule has 0 saturated heterocycles. The Bertz CT molecular complexity index is 1090. The van der Waals surface area contributed by atoms with Gasteiger partial charge in [0.15, 0.2) is 6.61 Å². The number of carbonyl (C=O) groups excluding carboxylic acids is 2. The molecule has 172 valence electrons. The lowest BCUT2D eigenvalue weighted by Gasteiger charge is -2.09. The summed E-state index contributed by atoms with van der Waals surface area (Å²) in [5, 5.41) is 13.4. The van der Waals surface area contributed by atoms with Crippen LogP contribution < -0.4 is 14.8 Å². The molecule has 0 fully saturated rings. The van der Waals surface area contributed by atoms with E-state index in [-0.39, 0.29) is 28.6 Å². The van der Waals surface area contributed by atoms with E-state index in [1.807, 2.05) is 0 Å². The standard InChI is InChI=1S/C19H20ClN3O8S/c1-2-30-14-4-6-15(7-5-14)32(28,29)21-10-9-19(25)31-12-18(24)22-16-8-3-13(20)11-17(16)23(26)27/h3-8,11,21H,2,9-10,12H2,1H3,(H,22,24). The van der Waals surface area contributed by atoms with Gasteiger partial charge in [-0.05, 0) is 43.3 Å². The van der Waals surface area contributed by atoms with Gasteiger partial charge < -0.3 is 14.8 Å². The molecule has 0 aliphatic heterocycles. The summed E-state index contributed by atoms with van der Waals surface area (Å²) in [5.41, 5.74) is -0.524. The number of ether oxygens (including phenoxy) is 2. The van der Waals surface area contributed by atoms with Crippen LogP contribution in [0.2, 0.25) is 5.02 Å². The van der Waals surface area contributed by atoms with Gasteiger partial charge in [0.25, 0.3) is 11.6 Å². The van der Waals surface area contributed by atoms with Crippen LogP contribution in [0.25, 0.3) is 0 Å². The van der Waals surface area contributed by atoms with Crippen molar-refractivity contribution in [2.45, 2.75) is 18.2 Å². The predicted molar refractivity (Wildman–Crippen MR) is 115 cm³/mol. The molecule has 0 unspecified atom stereocenters. The Balaban J connectivity index is 1.80. The molecule has 2 aromatic carbocycles. The second-order valence-corrected chi connectivity index (χ2v) is 8.38. The summed E-state index contributed by atoms with van der Waals surface area (Å²) < 4.78 is 36.7. The van der Waals surface area contributed by atoms with Gasteiger partial charge in [-0.15, -0.1) is 0 Å². The summed E-state index contributed by atoms with van der Waals surface area (Å²) in [7, 11) is -3.84. The molecule has 32 heavy (non-hydrogen) atoms. The van der Waals surface area contributed by atoms with E-state index in [9.17, 15) is 28.1 Å². The van der Waals surface area contributed by atoms with E-state index in [0.717, 1.165) is 6.07 Å². The number of hydrogen-bond donors (Lipinski definition) is 2. The first-order chi connectivity index (χ1) is 15.1. The molecular weight excluding hydrogens is 466 g/mol. The fraction of sp³-hybridized carbons (Fsp3) is 0.263. The van der Waals surface area contributed by atoms with E-state index in [4.69, 9.17) is 21.1 Å². The highest BCUT2D eigenvalue weighted by molar-refractivity contribution is 7.89. The number of nitro groups is 1. The van der Waals surface area contributed by atoms with Crippen molar-refractivity contribution in [3.63, 3.8) is 0 Å². The van der Waals surface area contributed by atoms with Gasteiger partial charge in [0.1, 0.15) is 11.4 Å². The van der Waals surface area contributed by atoms with Crippen molar-refractivity contribution in [2.24, 2.45) is 0 Å². The van der Waals surface area contributed by atoms with Gasteiger partial charge in [-0.1, -0.05) is 11.6 Å². The smallest absolute Gasteiger partial charge is 0.307 e. The van der Waals surface area contributed by atoms with Gasteiger partial charge in [-0.2, -0.15) is 0 Å². The van der Waals surface area contributed by atoms with Crippen molar-refractivity contribution in [3.05, 3.63) is 57.6 Å². The van der Waals surface area contributed by atoms with Gasteiger partial charge >= 0.3 is 5.97 Å². The lowest BCUT2D eigenvalue weighted by atomic mass is 10.2. The molecule has 2 N–H and O–H groups in total. The number of benzene rings is 2. The Morgan fingerprint density at radius 1 is 1.16 bits per heavy atom. The van der Waals surface area contributed by atoms with Crippen LogP contribution in [-0.4, -0.2) is 45.0 Å². The highest BCUT2D eigenvalue weighted by Gasteiger charge is 2.18. The largest absolute Gasteiger partial charge is 0.494 e. The molecule has 2 aromatic rings. The van der Waals surface area contributed by atoms with Crippen LogP contribution in [0.3, 0.4) is 0 Å². The molecule has 0 spiro atoms. The van der Waals surface area contributed by atoms with Gasteiger partial charge in [0, 0.05) is 17.6 Å². The van der Waals surface area contributed by atoms with E-state index in [1.165, 1.54) is 36.4 Å². The molecule has 0 aliphatic carbocycles. The van der Waals surface area contributed by atoms with Gasteiger partial charge in [-0.25, -0.2) is 13.1 Å². The average Bonchev–Trinajstić information content (AvgIpc) is 2.74. The lowest BCUT2D eigenvalue weighted by Crippen LogP contribution is -2.28. The van der Waals surface area contributed by atoms with Crippen LogP contribution in [0.4, 0.5) is 11.4 Å². The normalized spacial score (nSPS) is 10.9. The number of hydrogen-bond acceptors (Lipinski definition) is 8. The molecule has 1 amide bonds. The van der Waals surface area contributed by atoms with Crippen molar-refractivity contribution >= 4 is 44.9 Å². The van der Waals surface area contributed by atoms with E-state index < -0.39 is 39.1 Å². The minimum atomic E-state index is -3.84. The Labute approximate surface area is 188 Å². The molecule has 2 rings (SSSR count). The quantitative estimate of drug-likeness (QED) is 0.279. The van der Waals surface area contributed by atoms with Crippen molar-refractivity contribution in [1.29, 1.82) is 0 Å². The molecule has 0 atom stereocenters. The number of rotatable bonds is 11. The Morgan fingerprint density at radius 3 is 2.47 bits per heavy atom. The van der Waals surface area contributed by atoms with E-state index in [1.54, 1.807) is 6.92 Å². The first-order valence-corrected chi connectivity index (χ1v) is 11.1. The number of nitro benzene ring substituents is 1. The number of nitrogens with one attached hydrogen (secondary N) is 2. The summed E-state index contributed by atoms with van der Waals surface area (Å²) in [6.07, 6.45) is -0.329. The van der Waals surface area contributed by atoms with Crippen molar-refractivity contribution in [1.82, 2.24) is 4.72 Å². The predicted octanol–water partition coefficient (Wildman–Crippen LogP) is 2.50. The second-order valence-electron chi connectivity index (χ2n) is 6.18. The first-order valence-electron chi connectivity index (χ1n) is 9.24. The molecule has 0 aromatic heterocycles. The number of sulfonamides is 1. The summed E-state index contributed by atoms with van der Waals surface area (Å²) >= 11 is 5.70. The number of amides is 1. The topological polar surface area (TPSA) is 154 Å². The first kappa shape index (κ1) is 25.0. The molecule has 0 aliphatic rings. The second kappa shape index (κ2) is 11.4. The van der Waals surface area contributed by atoms with E-state index in [0.29, 0.717) is 12.4 Å². The molecule has 0 bridgehead atoms. The maximum absolute atomic E-state index is 12.2. The monoisotopic (exact) mass is 485 g/mol. The van der Waals surface area contributed by atoms with Gasteiger partial charge in [0.05, 0.1) is 22.8 Å². The average molecular weight is 486 g/mol. The van der Waals surface area contributed by atoms with E-state index >= 15 is 0 Å². The fourth-order valence-electron chi connectivity index (χ4n) is 2.42. The van der Waals surface area contributed by atoms with Crippen molar-refractivity contribution < 1.29 is 32.4 Å². The van der Waals surface area contributed by atoms with Crippen LogP contribution in [0, 0.1) is 10.1 Å². The van der Waals surface area contributed by atoms with Crippen LogP contribution in [0.1, 0.15) is 13.3 Å². The highest BCUT2D eigenvalue weighted by Crippen LogP contribution is 2.27. The fourth-order valence-corrected chi connectivity index (χ4v) is 3.62. The summed E-state index contributed by atoms with van der Waals surface area (Å²) in [5.74, 6) is -1.11. The van der Waals surface area contributed by atoms with Crippen LogP contribution >= 0.6 is 11.6 Å². The van der Waals surface area contributed by atoms with Gasteiger partial charge in [0.2, 0.25) is 10.0 Å². The van der Waals surface area contributed by atoms with Crippen LogP contribution in [0.15, 0.2) is 47.4 Å². The van der Waals surface area contributed by atoms with Crippen molar-refractivity contribution in [2.75, 3.05) is 25.1 Å². The number of esters is 1. The highest BCUT2D eigenvalue weighted by atomic mass is 35.5. The number of anilines is 1. The van der Waals surface area contributed by atoms with Crippen LogP contribution in [0.5, 0.6) is 5.75 Å². The Morgan fingerprint density at radius 2 is 1.84 bits per heavy atom. The van der Waals surface area contributed by atoms with Crippen LogP contribution in [-0.2, 0) is 24.3 Å². The minimum Gasteiger partial charge on any atom is -0.494 e. The van der Waals surface area contributed by atoms with Crippen molar-refractivity contribution in [3.8, 4) is 5.75 Å². The number of carbonyl (C=O) groups is 2. The molecule has 0 saturated carbocycles. The minimum absolute atomic E-state index is 0.00161. The molecule has 11 nitrogen and oxygen atoms in total. The van der Waals surface area contributed by atoms with E-state index in [2.05, 4.69) is 10.0 Å². The summed E-state index contributed by atoms with van der Waals surface area (Å²) in [6, 6.07) is 9.42.